The van der Waals surface area contributed by atoms with E-state index < -0.39 is 17.8 Å². The molecule has 5 nitrogen and oxygen atoms in total. The van der Waals surface area contributed by atoms with Gasteiger partial charge in [-0.15, -0.1) is 0 Å². The lowest BCUT2D eigenvalue weighted by Crippen LogP contribution is -2.26. The van der Waals surface area contributed by atoms with Gasteiger partial charge in [-0.1, -0.05) is 6.42 Å². The van der Waals surface area contributed by atoms with Crippen LogP contribution in [0.15, 0.2) is 16.6 Å². The van der Waals surface area contributed by atoms with Crippen molar-refractivity contribution in [3.8, 4) is 11.5 Å². The molecule has 0 bridgehead atoms. The van der Waals surface area contributed by atoms with Gasteiger partial charge < -0.3 is 14.6 Å². The van der Waals surface area contributed by atoms with E-state index in [-0.39, 0.29) is 5.78 Å². The number of carbonyl (C=O) groups excluding carboxylic acids is 1. The van der Waals surface area contributed by atoms with Gasteiger partial charge in [-0.25, -0.2) is 0 Å². The molecule has 114 valence electrons. The quantitative estimate of drug-likeness (QED) is 0.820. The molecule has 1 aromatic carbocycles. The molecule has 6 heteroatoms. The number of carboxylic acid groups (broad SMARTS) is 1. The number of halogens is 1. The molecule has 1 N–H and O–H groups in total. The third-order valence-electron chi connectivity index (χ3n) is 3.90. The van der Waals surface area contributed by atoms with Crippen LogP contribution in [0.5, 0.6) is 11.5 Å². The number of hydrogen-bond donors (Lipinski definition) is 1. The number of benzene rings is 1. The maximum Gasteiger partial charge on any atom is 0.307 e. The summed E-state index contributed by atoms with van der Waals surface area (Å²) in [6.07, 6.45) is 1.89. The maximum atomic E-state index is 12.7. The Balaban J connectivity index is 2.41. The van der Waals surface area contributed by atoms with Crippen LogP contribution < -0.4 is 9.47 Å². The number of ether oxygens (including phenoxy) is 2. The normalized spacial score (nSPS) is 21.1. The molecule has 0 heterocycles. The summed E-state index contributed by atoms with van der Waals surface area (Å²) in [5, 5.41) is 9.24. The average molecular weight is 357 g/mol. The lowest BCUT2D eigenvalue weighted by atomic mass is 9.88. The zero-order valence-corrected chi connectivity index (χ0v) is 13.5. The second-order valence-electron chi connectivity index (χ2n) is 5.03. The second-order valence-corrected chi connectivity index (χ2v) is 5.89. The van der Waals surface area contributed by atoms with E-state index in [1.165, 1.54) is 14.2 Å². The first kappa shape index (κ1) is 15.8. The van der Waals surface area contributed by atoms with Crippen molar-refractivity contribution in [1.29, 1.82) is 0 Å². The third-order valence-corrected chi connectivity index (χ3v) is 4.52. The van der Waals surface area contributed by atoms with Crippen molar-refractivity contribution in [2.45, 2.75) is 19.3 Å². The largest absolute Gasteiger partial charge is 0.497 e. The minimum atomic E-state index is -0.908. The topological polar surface area (TPSA) is 72.8 Å². The summed E-state index contributed by atoms with van der Waals surface area (Å²) in [6, 6.07) is 3.31. The van der Waals surface area contributed by atoms with E-state index in [0.29, 0.717) is 34.4 Å². The van der Waals surface area contributed by atoms with E-state index in [1.807, 2.05) is 0 Å². The van der Waals surface area contributed by atoms with Crippen molar-refractivity contribution in [3.05, 3.63) is 22.2 Å². The van der Waals surface area contributed by atoms with Gasteiger partial charge in [0.2, 0.25) is 0 Å². The predicted octanol–water partition coefficient (Wildman–Crippen LogP) is 3.15. The Labute approximate surface area is 131 Å². The van der Waals surface area contributed by atoms with Crippen molar-refractivity contribution >= 4 is 27.7 Å². The molecule has 2 rings (SSSR count). The first-order chi connectivity index (χ1) is 9.99. The van der Waals surface area contributed by atoms with Crippen molar-refractivity contribution in [2.75, 3.05) is 14.2 Å². The molecule has 0 radical (unpaired) electrons. The summed E-state index contributed by atoms with van der Waals surface area (Å²) >= 11 is 3.36. The van der Waals surface area contributed by atoms with E-state index in [9.17, 15) is 14.7 Å². The highest BCUT2D eigenvalue weighted by Gasteiger charge is 2.39. The molecular formula is C15H17BrO5. The number of aliphatic carboxylic acids is 1. The molecule has 0 saturated heterocycles. The van der Waals surface area contributed by atoms with Gasteiger partial charge in [-0.2, -0.15) is 0 Å². The minimum Gasteiger partial charge on any atom is -0.497 e. The van der Waals surface area contributed by atoms with Gasteiger partial charge in [-0.05, 0) is 34.8 Å². The summed E-state index contributed by atoms with van der Waals surface area (Å²) in [4.78, 5) is 24.0. The van der Waals surface area contributed by atoms with Crippen molar-refractivity contribution in [2.24, 2.45) is 11.8 Å². The predicted molar refractivity (Wildman–Crippen MR) is 80.0 cm³/mol. The van der Waals surface area contributed by atoms with Crippen LogP contribution in [0.25, 0.3) is 0 Å². The molecule has 1 fully saturated rings. The maximum absolute atomic E-state index is 12.7. The third kappa shape index (κ3) is 3.05. The molecular weight excluding hydrogens is 340 g/mol. The van der Waals surface area contributed by atoms with Crippen LogP contribution in [0.3, 0.4) is 0 Å². The number of ketones is 1. The number of carbonyl (C=O) groups is 2. The zero-order chi connectivity index (χ0) is 15.6. The molecule has 21 heavy (non-hydrogen) atoms. The Morgan fingerprint density at radius 3 is 2.43 bits per heavy atom. The van der Waals surface area contributed by atoms with Gasteiger partial charge in [0.1, 0.15) is 11.5 Å². The highest BCUT2D eigenvalue weighted by molar-refractivity contribution is 9.10. The van der Waals surface area contributed by atoms with Gasteiger partial charge >= 0.3 is 5.97 Å². The fourth-order valence-electron chi connectivity index (χ4n) is 2.83. The van der Waals surface area contributed by atoms with Crippen molar-refractivity contribution in [1.82, 2.24) is 0 Å². The van der Waals surface area contributed by atoms with E-state index >= 15 is 0 Å². The molecule has 1 aliphatic rings. The molecule has 0 aliphatic heterocycles. The van der Waals surface area contributed by atoms with Crippen LogP contribution >= 0.6 is 15.9 Å². The van der Waals surface area contributed by atoms with Gasteiger partial charge in [0, 0.05) is 16.5 Å². The number of hydrogen-bond acceptors (Lipinski definition) is 4. The summed E-state index contributed by atoms with van der Waals surface area (Å²) in [5.41, 5.74) is 0.386. The van der Waals surface area contributed by atoms with Crippen molar-refractivity contribution < 1.29 is 24.2 Å². The standard InChI is InChI=1S/C15H17BrO5/c1-20-8-6-11(16)13(12(7-8)21-2)14(17)9-4-3-5-10(9)15(18)19/h6-7,9-10H,3-5H2,1-2H3,(H,18,19). The average Bonchev–Trinajstić information content (AvgIpc) is 2.95. The van der Waals surface area contributed by atoms with Crippen LogP contribution in [0.2, 0.25) is 0 Å². The summed E-state index contributed by atoms with van der Waals surface area (Å²) in [6.45, 7) is 0. The molecule has 0 spiro atoms. The smallest absolute Gasteiger partial charge is 0.307 e. The van der Waals surface area contributed by atoms with Gasteiger partial charge in [0.25, 0.3) is 0 Å². The number of rotatable bonds is 5. The summed E-state index contributed by atoms with van der Waals surface area (Å²) < 4.78 is 11.0. The monoisotopic (exact) mass is 356 g/mol. The van der Waals surface area contributed by atoms with Gasteiger partial charge in [0.15, 0.2) is 5.78 Å². The summed E-state index contributed by atoms with van der Waals surface area (Å²) in [5.74, 6) is -1.25. The summed E-state index contributed by atoms with van der Waals surface area (Å²) in [7, 11) is 3.00. The number of methoxy groups -OCH3 is 2. The van der Waals surface area contributed by atoms with Gasteiger partial charge in [0.05, 0.1) is 25.7 Å². The molecule has 2 unspecified atom stereocenters. The SMILES string of the molecule is COc1cc(Br)c(C(=O)C2CCCC2C(=O)O)c(OC)c1. The van der Waals surface area contributed by atoms with E-state index in [2.05, 4.69) is 15.9 Å². The minimum absolute atomic E-state index is 0.189. The lowest BCUT2D eigenvalue weighted by Gasteiger charge is -2.18. The van der Waals surface area contributed by atoms with Crippen LogP contribution in [0.1, 0.15) is 29.6 Å². The lowest BCUT2D eigenvalue weighted by molar-refractivity contribution is -0.142. The highest BCUT2D eigenvalue weighted by atomic mass is 79.9. The first-order valence-corrected chi connectivity index (χ1v) is 7.47. The Morgan fingerprint density at radius 1 is 1.19 bits per heavy atom. The molecule has 2 atom stereocenters. The Morgan fingerprint density at radius 2 is 1.86 bits per heavy atom. The van der Waals surface area contributed by atoms with Crippen LogP contribution in [-0.4, -0.2) is 31.1 Å². The van der Waals surface area contributed by atoms with E-state index in [1.54, 1.807) is 12.1 Å². The molecule has 1 saturated carbocycles. The Hall–Kier alpha value is -1.56. The molecule has 0 amide bonds. The van der Waals surface area contributed by atoms with E-state index in [0.717, 1.165) is 6.42 Å². The van der Waals surface area contributed by atoms with Crippen LogP contribution in [0.4, 0.5) is 0 Å². The number of carboxylic acids is 1. The molecule has 1 aliphatic carbocycles. The van der Waals surface area contributed by atoms with Crippen LogP contribution in [-0.2, 0) is 4.79 Å². The fourth-order valence-corrected chi connectivity index (χ4v) is 3.45. The first-order valence-electron chi connectivity index (χ1n) is 6.68. The molecule has 0 aromatic heterocycles. The Bertz CT molecular complexity index is 569. The highest BCUT2D eigenvalue weighted by Crippen LogP contribution is 2.40. The second kappa shape index (κ2) is 6.47. The van der Waals surface area contributed by atoms with E-state index in [4.69, 9.17) is 9.47 Å². The zero-order valence-electron chi connectivity index (χ0n) is 11.9. The molecule has 1 aromatic rings. The Kier molecular flexibility index (Phi) is 4.88. The van der Waals surface area contributed by atoms with Crippen LogP contribution in [0, 0.1) is 11.8 Å². The van der Waals surface area contributed by atoms with Crippen molar-refractivity contribution in [3.63, 3.8) is 0 Å². The van der Waals surface area contributed by atoms with Gasteiger partial charge in [-0.3, -0.25) is 9.59 Å². The number of Topliss-reactive ketones (excluding diaryl/α,β-unsaturated/α-hetero) is 1. The fraction of sp³-hybridized carbons (Fsp3) is 0.467.